The predicted molar refractivity (Wildman–Crippen MR) is 70.7 cm³/mol. The van der Waals surface area contributed by atoms with Crippen LogP contribution in [-0.2, 0) is 15.3 Å². The monoisotopic (exact) mass is 282 g/mol. The Morgan fingerprint density at radius 3 is 2.58 bits per heavy atom. The van der Waals surface area contributed by atoms with E-state index in [1.165, 1.54) is 4.90 Å². The van der Waals surface area contributed by atoms with Gasteiger partial charge in [0, 0.05) is 24.6 Å². The van der Waals surface area contributed by atoms with Crippen LogP contribution >= 0.6 is 11.6 Å². The fraction of sp³-hybridized carbons (Fsp3) is 0.385. The molecule has 1 atom stereocenters. The van der Waals surface area contributed by atoms with Crippen LogP contribution in [0.3, 0.4) is 0 Å². The molecule has 1 heterocycles. The SMILES string of the molecule is CCOC1(c2ccccc2)C(=O)NC(=O)N1CCCl. The first-order valence-electron chi connectivity index (χ1n) is 6.05. The third-order valence-electron chi connectivity index (χ3n) is 2.98. The average molecular weight is 283 g/mol. The zero-order valence-corrected chi connectivity index (χ0v) is 11.3. The second-order valence-corrected chi connectivity index (χ2v) is 4.42. The van der Waals surface area contributed by atoms with E-state index in [9.17, 15) is 9.59 Å². The highest BCUT2D eigenvalue weighted by Crippen LogP contribution is 2.34. The normalized spacial score (nSPS) is 22.7. The lowest BCUT2D eigenvalue weighted by Crippen LogP contribution is -2.50. The zero-order chi connectivity index (χ0) is 13.9. The van der Waals surface area contributed by atoms with Crippen LogP contribution in [0.2, 0.25) is 0 Å². The number of halogens is 1. The molecule has 2 rings (SSSR count). The Morgan fingerprint density at radius 1 is 1.32 bits per heavy atom. The third kappa shape index (κ3) is 2.19. The number of carbonyl (C=O) groups is 2. The maximum atomic E-state index is 12.2. The molecule has 1 fully saturated rings. The zero-order valence-electron chi connectivity index (χ0n) is 10.6. The molecule has 1 aliphatic rings. The summed E-state index contributed by atoms with van der Waals surface area (Å²) in [5.74, 6) is -0.252. The van der Waals surface area contributed by atoms with Crippen LogP contribution in [0, 0.1) is 0 Å². The Kier molecular flexibility index (Phi) is 4.07. The number of urea groups is 1. The molecule has 0 saturated carbocycles. The molecule has 5 nitrogen and oxygen atoms in total. The van der Waals surface area contributed by atoms with Crippen LogP contribution in [0.1, 0.15) is 12.5 Å². The van der Waals surface area contributed by atoms with Crippen LogP contribution < -0.4 is 5.32 Å². The quantitative estimate of drug-likeness (QED) is 0.660. The molecule has 0 aliphatic carbocycles. The van der Waals surface area contributed by atoms with Crippen LogP contribution in [0.5, 0.6) is 0 Å². The summed E-state index contributed by atoms with van der Waals surface area (Å²) in [6.45, 7) is 2.31. The second kappa shape index (κ2) is 5.59. The number of nitrogens with one attached hydrogen (secondary N) is 1. The molecule has 1 aromatic carbocycles. The molecule has 0 aromatic heterocycles. The molecule has 0 spiro atoms. The van der Waals surface area contributed by atoms with Gasteiger partial charge >= 0.3 is 6.03 Å². The van der Waals surface area contributed by atoms with Gasteiger partial charge in [-0.3, -0.25) is 15.0 Å². The Bertz CT molecular complexity index is 480. The van der Waals surface area contributed by atoms with Crippen molar-refractivity contribution >= 4 is 23.5 Å². The van der Waals surface area contributed by atoms with Crippen LogP contribution in [0.25, 0.3) is 0 Å². The Labute approximate surface area is 116 Å². The average Bonchev–Trinajstić information content (AvgIpc) is 2.65. The molecule has 0 radical (unpaired) electrons. The second-order valence-electron chi connectivity index (χ2n) is 4.04. The van der Waals surface area contributed by atoms with Gasteiger partial charge < -0.3 is 4.74 Å². The fourth-order valence-corrected chi connectivity index (χ4v) is 2.41. The first-order chi connectivity index (χ1) is 9.16. The van der Waals surface area contributed by atoms with Gasteiger partial charge in [-0.2, -0.15) is 0 Å². The number of carbonyl (C=O) groups excluding carboxylic acids is 2. The van der Waals surface area contributed by atoms with Crippen LogP contribution in [0.4, 0.5) is 4.79 Å². The van der Waals surface area contributed by atoms with Gasteiger partial charge in [-0.1, -0.05) is 30.3 Å². The highest BCUT2D eigenvalue weighted by atomic mass is 35.5. The molecular formula is C13H15ClN2O3. The van der Waals surface area contributed by atoms with Gasteiger partial charge in [0.05, 0.1) is 0 Å². The summed E-state index contributed by atoms with van der Waals surface area (Å²) >= 11 is 5.72. The number of rotatable bonds is 5. The summed E-state index contributed by atoms with van der Waals surface area (Å²) in [5, 5.41) is 2.29. The number of imide groups is 1. The van der Waals surface area contributed by atoms with Crippen molar-refractivity contribution in [1.29, 1.82) is 0 Å². The van der Waals surface area contributed by atoms with Gasteiger partial charge in [0.1, 0.15) is 0 Å². The minimum absolute atomic E-state index is 0.225. The summed E-state index contributed by atoms with van der Waals surface area (Å²) < 4.78 is 5.66. The first kappa shape index (κ1) is 13.8. The molecule has 0 bridgehead atoms. The highest BCUT2D eigenvalue weighted by Gasteiger charge is 2.55. The standard InChI is InChI=1S/C13H15ClN2O3/c1-2-19-13(10-6-4-3-5-7-10)11(17)15-12(18)16(13)9-8-14/h3-7H,2,8-9H2,1H3,(H,15,17,18). The van der Waals surface area contributed by atoms with Gasteiger partial charge in [0.2, 0.25) is 0 Å². The summed E-state index contributed by atoms with van der Waals surface area (Å²) in [6, 6.07) is 8.47. The number of hydrogen-bond acceptors (Lipinski definition) is 3. The van der Waals surface area contributed by atoms with E-state index in [4.69, 9.17) is 16.3 Å². The summed E-state index contributed by atoms with van der Waals surface area (Å²) in [6.07, 6.45) is 0. The van der Waals surface area contributed by atoms with Crippen LogP contribution in [-0.4, -0.2) is 35.9 Å². The molecule has 1 aliphatic heterocycles. The van der Waals surface area contributed by atoms with E-state index >= 15 is 0 Å². The minimum atomic E-state index is -1.41. The Hall–Kier alpha value is -1.59. The summed E-state index contributed by atoms with van der Waals surface area (Å²) in [4.78, 5) is 25.5. The van der Waals surface area contributed by atoms with Crippen molar-refractivity contribution in [1.82, 2.24) is 10.2 Å². The lowest BCUT2D eigenvalue weighted by atomic mass is 10.0. The summed E-state index contributed by atoms with van der Waals surface area (Å²) in [7, 11) is 0. The van der Waals surface area contributed by atoms with E-state index in [0.29, 0.717) is 12.2 Å². The van der Waals surface area contributed by atoms with E-state index in [1.807, 2.05) is 6.07 Å². The van der Waals surface area contributed by atoms with E-state index in [0.717, 1.165) is 0 Å². The molecule has 6 heteroatoms. The topological polar surface area (TPSA) is 58.6 Å². The molecular weight excluding hydrogens is 268 g/mol. The molecule has 3 amide bonds. The number of nitrogens with zero attached hydrogens (tertiary/aromatic N) is 1. The smallest absolute Gasteiger partial charge is 0.327 e. The molecule has 102 valence electrons. The minimum Gasteiger partial charge on any atom is -0.344 e. The van der Waals surface area contributed by atoms with Crippen molar-refractivity contribution in [3.63, 3.8) is 0 Å². The fourth-order valence-electron chi connectivity index (χ4n) is 2.25. The maximum Gasteiger partial charge on any atom is 0.327 e. The molecule has 1 N–H and O–H groups in total. The van der Waals surface area contributed by atoms with Crippen molar-refractivity contribution in [2.75, 3.05) is 19.0 Å². The molecule has 1 unspecified atom stereocenters. The number of benzene rings is 1. The van der Waals surface area contributed by atoms with Crippen molar-refractivity contribution in [3.8, 4) is 0 Å². The molecule has 19 heavy (non-hydrogen) atoms. The first-order valence-corrected chi connectivity index (χ1v) is 6.58. The third-order valence-corrected chi connectivity index (χ3v) is 3.15. The highest BCUT2D eigenvalue weighted by molar-refractivity contribution is 6.18. The Morgan fingerprint density at radius 2 is 2.00 bits per heavy atom. The van der Waals surface area contributed by atoms with Crippen molar-refractivity contribution in [2.45, 2.75) is 12.6 Å². The lowest BCUT2D eigenvalue weighted by molar-refractivity contribution is -0.163. The lowest BCUT2D eigenvalue weighted by Gasteiger charge is -2.34. The van der Waals surface area contributed by atoms with E-state index < -0.39 is 17.7 Å². The van der Waals surface area contributed by atoms with E-state index in [2.05, 4.69) is 5.32 Å². The Balaban J connectivity index is 2.52. The van der Waals surface area contributed by atoms with Crippen molar-refractivity contribution in [3.05, 3.63) is 35.9 Å². The van der Waals surface area contributed by atoms with Crippen LogP contribution in [0.15, 0.2) is 30.3 Å². The van der Waals surface area contributed by atoms with Gasteiger partial charge in [-0.05, 0) is 6.92 Å². The van der Waals surface area contributed by atoms with Gasteiger partial charge in [-0.15, -0.1) is 11.6 Å². The largest absolute Gasteiger partial charge is 0.344 e. The maximum absolute atomic E-state index is 12.2. The van der Waals surface area contributed by atoms with Gasteiger partial charge in [0.25, 0.3) is 11.6 Å². The van der Waals surface area contributed by atoms with Crippen molar-refractivity contribution in [2.24, 2.45) is 0 Å². The van der Waals surface area contributed by atoms with E-state index in [1.54, 1.807) is 31.2 Å². The van der Waals surface area contributed by atoms with E-state index in [-0.39, 0.29) is 12.4 Å². The number of amides is 3. The number of ether oxygens (including phenoxy) is 1. The van der Waals surface area contributed by atoms with Gasteiger partial charge in [0.15, 0.2) is 0 Å². The van der Waals surface area contributed by atoms with Crippen molar-refractivity contribution < 1.29 is 14.3 Å². The number of alkyl halides is 1. The molecule has 1 aromatic rings. The number of hydrogen-bond donors (Lipinski definition) is 1. The summed E-state index contributed by atoms with van der Waals surface area (Å²) in [5.41, 5.74) is -0.799. The predicted octanol–water partition coefficient (Wildman–Crippen LogP) is 1.67. The van der Waals surface area contributed by atoms with Gasteiger partial charge in [-0.25, -0.2) is 4.79 Å². The molecule has 1 saturated heterocycles.